The van der Waals surface area contributed by atoms with Gasteiger partial charge in [0.25, 0.3) is 5.91 Å². The van der Waals surface area contributed by atoms with Gasteiger partial charge in [-0.15, -0.1) is 0 Å². The number of aromatic amines is 1. The molecule has 4 N–H and O–H groups in total. The van der Waals surface area contributed by atoms with Crippen molar-refractivity contribution in [3.05, 3.63) is 60.6 Å². The van der Waals surface area contributed by atoms with Crippen molar-refractivity contribution in [2.75, 3.05) is 5.32 Å². The summed E-state index contributed by atoms with van der Waals surface area (Å²) in [5.41, 5.74) is 10.0. The summed E-state index contributed by atoms with van der Waals surface area (Å²) < 4.78 is 0. The molecule has 0 aliphatic heterocycles. The van der Waals surface area contributed by atoms with Gasteiger partial charge in [-0.05, 0) is 54.2 Å². The Morgan fingerprint density at radius 3 is 2.69 bits per heavy atom. The largest absolute Gasteiger partial charge is 0.395 e. The first-order valence-corrected chi connectivity index (χ1v) is 9.02. The Balaban J connectivity index is 1.49. The lowest BCUT2D eigenvalue weighted by molar-refractivity contribution is -0.112. The molecule has 26 heavy (non-hydrogen) atoms. The van der Waals surface area contributed by atoms with Gasteiger partial charge >= 0.3 is 0 Å². The highest BCUT2D eigenvalue weighted by Gasteiger charge is 2.15. The number of anilines is 1. The van der Waals surface area contributed by atoms with Crippen molar-refractivity contribution in [2.45, 2.75) is 25.7 Å². The highest BCUT2D eigenvalue weighted by atomic mass is 16.2. The predicted molar refractivity (Wildman–Crippen MR) is 104 cm³/mol. The summed E-state index contributed by atoms with van der Waals surface area (Å²) in [4.78, 5) is 19.7. The second-order valence-corrected chi connectivity index (χ2v) is 6.80. The van der Waals surface area contributed by atoms with Crippen LogP contribution in [0.5, 0.6) is 0 Å². The maximum absolute atomic E-state index is 12.3. The van der Waals surface area contributed by atoms with Gasteiger partial charge in [0, 0.05) is 23.5 Å². The molecule has 0 radical (unpaired) electrons. The van der Waals surface area contributed by atoms with Crippen LogP contribution in [0.2, 0.25) is 0 Å². The summed E-state index contributed by atoms with van der Waals surface area (Å²) >= 11 is 0. The molecule has 0 unspecified atom stereocenters. The van der Waals surface area contributed by atoms with Crippen molar-refractivity contribution in [1.82, 2.24) is 9.97 Å². The molecule has 1 saturated carbocycles. The van der Waals surface area contributed by atoms with Gasteiger partial charge in [0.2, 0.25) is 0 Å². The summed E-state index contributed by atoms with van der Waals surface area (Å²) in [6.45, 7) is 0. The third kappa shape index (κ3) is 3.33. The van der Waals surface area contributed by atoms with Crippen LogP contribution in [0, 0.1) is 5.92 Å². The second-order valence-electron chi connectivity index (χ2n) is 6.80. The zero-order valence-electron chi connectivity index (χ0n) is 14.5. The molecule has 0 saturated heterocycles. The van der Waals surface area contributed by atoms with Crippen molar-refractivity contribution >= 4 is 22.6 Å². The van der Waals surface area contributed by atoms with Crippen LogP contribution in [-0.2, 0) is 4.79 Å². The van der Waals surface area contributed by atoms with Gasteiger partial charge in [-0.3, -0.25) is 4.79 Å². The molecule has 2 aromatic heterocycles. The van der Waals surface area contributed by atoms with Gasteiger partial charge in [-0.2, -0.15) is 0 Å². The van der Waals surface area contributed by atoms with Crippen molar-refractivity contribution in [1.29, 1.82) is 0 Å². The molecule has 1 fully saturated rings. The number of nitrogens with zero attached hydrogens (tertiary/aromatic N) is 1. The fourth-order valence-electron chi connectivity index (χ4n) is 3.60. The summed E-state index contributed by atoms with van der Waals surface area (Å²) in [7, 11) is 0. The Bertz CT molecular complexity index is 950. The lowest BCUT2D eigenvalue weighted by atomic mass is 10.0. The van der Waals surface area contributed by atoms with Crippen LogP contribution in [0.15, 0.2) is 60.6 Å². The van der Waals surface area contributed by atoms with Crippen LogP contribution in [0.25, 0.3) is 22.2 Å². The lowest BCUT2D eigenvalue weighted by Crippen LogP contribution is -2.20. The summed E-state index contributed by atoms with van der Waals surface area (Å²) in [5.74, 6) is 0.208. The smallest absolute Gasteiger partial charge is 0.271 e. The van der Waals surface area contributed by atoms with E-state index in [1.165, 1.54) is 12.8 Å². The first-order valence-electron chi connectivity index (χ1n) is 9.02. The monoisotopic (exact) mass is 346 g/mol. The Labute approximate surface area is 152 Å². The van der Waals surface area contributed by atoms with E-state index in [2.05, 4.69) is 15.3 Å². The number of allylic oxidation sites excluding steroid dienone is 1. The lowest BCUT2D eigenvalue weighted by Gasteiger charge is -2.09. The molecule has 5 heteroatoms. The van der Waals surface area contributed by atoms with Crippen molar-refractivity contribution in [2.24, 2.45) is 11.7 Å². The number of hydrogen-bond acceptors (Lipinski definition) is 3. The number of benzene rings is 1. The molecule has 5 nitrogen and oxygen atoms in total. The van der Waals surface area contributed by atoms with Gasteiger partial charge in [-0.1, -0.05) is 31.1 Å². The van der Waals surface area contributed by atoms with Gasteiger partial charge < -0.3 is 16.0 Å². The normalized spacial score (nSPS) is 15.5. The number of amides is 1. The molecule has 0 atom stereocenters. The van der Waals surface area contributed by atoms with Crippen molar-refractivity contribution < 1.29 is 4.79 Å². The molecule has 1 aromatic carbocycles. The van der Waals surface area contributed by atoms with E-state index in [0.29, 0.717) is 11.6 Å². The predicted octanol–water partition coefficient (Wildman–Crippen LogP) is 4.20. The number of rotatable bonds is 4. The average molecular weight is 346 g/mol. The van der Waals surface area contributed by atoms with Crippen molar-refractivity contribution in [3.8, 4) is 11.1 Å². The first kappa shape index (κ1) is 16.4. The van der Waals surface area contributed by atoms with E-state index in [9.17, 15) is 4.79 Å². The summed E-state index contributed by atoms with van der Waals surface area (Å²) in [6, 6.07) is 11.8. The Kier molecular flexibility index (Phi) is 4.44. The fourth-order valence-corrected chi connectivity index (χ4v) is 3.60. The zero-order chi connectivity index (χ0) is 17.9. The quantitative estimate of drug-likeness (QED) is 0.619. The van der Waals surface area contributed by atoms with E-state index in [1.54, 1.807) is 6.20 Å². The van der Waals surface area contributed by atoms with E-state index in [1.807, 2.05) is 48.7 Å². The molecular formula is C21H22N4O. The van der Waals surface area contributed by atoms with Crippen LogP contribution >= 0.6 is 0 Å². The Morgan fingerprint density at radius 2 is 1.92 bits per heavy atom. The molecule has 0 bridgehead atoms. The summed E-state index contributed by atoms with van der Waals surface area (Å²) in [6.07, 6.45) is 10.3. The zero-order valence-corrected chi connectivity index (χ0v) is 14.5. The van der Waals surface area contributed by atoms with Crippen LogP contribution in [0.1, 0.15) is 25.7 Å². The number of carbonyl (C=O) groups is 1. The highest BCUT2D eigenvalue weighted by Crippen LogP contribution is 2.28. The number of carbonyl (C=O) groups excluding carboxylic acids is 1. The van der Waals surface area contributed by atoms with Gasteiger partial charge in [-0.25, -0.2) is 4.98 Å². The van der Waals surface area contributed by atoms with Crippen LogP contribution in [0.4, 0.5) is 5.69 Å². The number of nitrogens with two attached hydrogens (primary N) is 1. The number of aromatic nitrogens is 2. The molecule has 1 amide bonds. The van der Waals surface area contributed by atoms with E-state index in [-0.39, 0.29) is 5.91 Å². The molecule has 2 heterocycles. The number of hydrogen-bond donors (Lipinski definition) is 3. The molecule has 3 aromatic rings. The third-order valence-electron chi connectivity index (χ3n) is 4.99. The maximum Gasteiger partial charge on any atom is 0.271 e. The minimum absolute atomic E-state index is 0.235. The molecule has 0 spiro atoms. The number of pyridine rings is 1. The van der Waals surface area contributed by atoms with Crippen LogP contribution < -0.4 is 11.1 Å². The third-order valence-corrected chi connectivity index (χ3v) is 4.99. The Morgan fingerprint density at radius 1 is 1.15 bits per heavy atom. The minimum atomic E-state index is -0.235. The topological polar surface area (TPSA) is 83.8 Å². The fraction of sp³-hybridized carbons (Fsp3) is 0.238. The van der Waals surface area contributed by atoms with E-state index < -0.39 is 0 Å². The van der Waals surface area contributed by atoms with E-state index in [0.717, 1.165) is 40.7 Å². The average Bonchev–Trinajstić information content (AvgIpc) is 3.33. The first-order chi connectivity index (χ1) is 12.7. The van der Waals surface area contributed by atoms with Crippen LogP contribution in [0.3, 0.4) is 0 Å². The number of H-pyrrole nitrogens is 1. The standard InChI is InChI=1S/C21H22N4O/c22-19(13-14-3-1-2-4-14)21(26)25-16-7-5-15(6-8-16)17-9-11-23-20-18(17)10-12-24-20/h5-14H,1-4,22H2,(H,23,24)(H,25,26). The minimum Gasteiger partial charge on any atom is -0.395 e. The van der Waals surface area contributed by atoms with Gasteiger partial charge in [0.1, 0.15) is 5.65 Å². The van der Waals surface area contributed by atoms with Gasteiger partial charge in [0.15, 0.2) is 0 Å². The number of nitrogens with one attached hydrogen (secondary N) is 2. The number of fused-ring (bicyclic) bond motifs is 1. The molecule has 132 valence electrons. The molecule has 1 aliphatic carbocycles. The molecular weight excluding hydrogens is 324 g/mol. The van der Waals surface area contributed by atoms with E-state index >= 15 is 0 Å². The second kappa shape index (κ2) is 7.04. The summed E-state index contributed by atoms with van der Waals surface area (Å²) in [5, 5.41) is 3.95. The van der Waals surface area contributed by atoms with E-state index in [4.69, 9.17) is 5.73 Å². The SMILES string of the molecule is NC(=CC1CCCC1)C(=O)Nc1ccc(-c2ccnc3[nH]ccc23)cc1. The Hall–Kier alpha value is -3.08. The van der Waals surface area contributed by atoms with Gasteiger partial charge in [0.05, 0.1) is 5.70 Å². The van der Waals surface area contributed by atoms with Crippen LogP contribution in [-0.4, -0.2) is 15.9 Å². The highest BCUT2D eigenvalue weighted by molar-refractivity contribution is 6.03. The molecule has 4 rings (SSSR count). The molecule has 1 aliphatic rings. The van der Waals surface area contributed by atoms with Crippen molar-refractivity contribution in [3.63, 3.8) is 0 Å². The maximum atomic E-state index is 12.3.